The molecule has 0 bridgehead atoms. The van der Waals surface area contributed by atoms with Gasteiger partial charge >= 0.3 is 0 Å². The third-order valence-electron chi connectivity index (χ3n) is 4.01. The van der Waals surface area contributed by atoms with Gasteiger partial charge in [-0.3, -0.25) is 4.79 Å². The number of Topliss-reactive ketones (excluding diaryl/α,β-unsaturated/α-hetero) is 1. The van der Waals surface area contributed by atoms with Gasteiger partial charge in [0, 0.05) is 12.0 Å². The molecule has 2 rings (SSSR count). The number of benzene rings is 1. The SMILES string of the molecule is CC(C)(C)c1ccc(C(=O)CC2CCNCC2)cc1. The van der Waals surface area contributed by atoms with Crippen LogP contribution in [0.1, 0.15) is 56.0 Å². The third-order valence-corrected chi connectivity index (χ3v) is 4.01. The van der Waals surface area contributed by atoms with E-state index in [1.54, 1.807) is 0 Å². The Morgan fingerprint density at radius 2 is 1.74 bits per heavy atom. The van der Waals surface area contributed by atoms with Crippen molar-refractivity contribution in [1.82, 2.24) is 5.32 Å². The summed E-state index contributed by atoms with van der Waals surface area (Å²) < 4.78 is 0. The summed E-state index contributed by atoms with van der Waals surface area (Å²) in [5, 5.41) is 3.34. The fourth-order valence-electron chi connectivity index (χ4n) is 2.62. The van der Waals surface area contributed by atoms with Gasteiger partial charge < -0.3 is 5.32 Å². The Morgan fingerprint density at radius 1 is 1.16 bits per heavy atom. The molecule has 0 unspecified atom stereocenters. The van der Waals surface area contributed by atoms with E-state index in [1.807, 2.05) is 12.1 Å². The van der Waals surface area contributed by atoms with E-state index in [0.717, 1.165) is 31.5 Å². The lowest BCUT2D eigenvalue weighted by Gasteiger charge is -2.22. The zero-order valence-electron chi connectivity index (χ0n) is 12.3. The van der Waals surface area contributed by atoms with Crippen LogP contribution in [0.2, 0.25) is 0 Å². The van der Waals surface area contributed by atoms with Crippen molar-refractivity contribution in [1.29, 1.82) is 0 Å². The van der Waals surface area contributed by atoms with Crippen LogP contribution in [0.25, 0.3) is 0 Å². The van der Waals surface area contributed by atoms with Crippen LogP contribution in [0.5, 0.6) is 0 Å². The normalized spacial score (nSPS) is 17.4. The molecule has 19 heavy (non-hydrogen) atoms. The molecule has 0 radical (unpaired) electrons. The lowest BCUT2D eigenvalue weighted by Crippen LogP contribution is -2.28. The lowest BCUT2D eigenvalue weighted by molar-refractivity contribution is 0.0952. The van der Waals surface area contributed by atoms with Crippen LogP contribution in [0, 0.1) is 5.92 Å². The molecule has 0 aromatic heterocycles. The molecule has 0 amide bonds. The van der Waals surface area contributed by atoms with Gasteiger partial charge in [-0.25, -0.2) is 0 Å². The first-order valence-corrected chi connectivity index (χ1v) is 7.31. The average molecular weight is 259 g/mol. The molecule has 2 heteroatoms. The number of carbonyl (C=O) groups is 1. The maximum Gasteiger partial charge on any atom is 0.163 e. The Labute approximate surface area is 116 Å². The van der Waals surface area contributed by atoms with E-state index in [9.17, 15) is 4.79 Å². The summed E-state index contributed by atoms with van der Waals surface area (Å²) in [7, 11) is 0. The molecule has 1 fully saturated rings. The van der Waals surface area contributed by atoms with E-state index in [-0.39, 0.29) is 5.41 Å². The Bertz CT molecular complexity index is 422. The molecule has 1 aliphatic heterocycles. The minimum atomic E-state index is 0.149. The van der Waals surface area contributed by atoms with E-state index in [2.05, 4.69) is 38.2 Å². The van der Waals surface area contributed by atoms with Crippen molar-refractivity contribution >= 4 is 5.78 Å². The fraction of sp³-hybridized carbons (Fsp3) is 0.588. The van der Waals surface area contributed by atoms with Crippen LogP contribution in [0.4, 0.5) is 0 Å². The Kier molecular flexibility index (Phi) is 4.41. The highest BCUT2D eigenvalue weighted by Gasteiger charge is 2.18. The molecule has 1 saturated heterocycles. The van der Waals surface area contributed by atoms with Crippen LogP contribution >= 0.6 is 0 Å². The van der Waals surface area contributed by atoms with Crippen molar-refractivity contribution in [3.63, 3.8) is 0 Å². The van der Waals surface area contributed by atoms with Gasteiger partial charge in [-0.15, -0.1) is 0 Å². The quantitative estimate of drug-likeness (QED) is 0.841. The molecule has 1 aromatic carbocycles. The molecule has 0 saturated carbocycles. The summed E-state index contributed by atoms with van der Waals surface area (Å²) in [6.07, 6.45) is 2.97. The zero-order chi connectivity index (χ0) is 13.9. The van der Waals surface area contributed by atoms with Crippen molar-refractivity contribution in [2.75, 3.05) is 13.1 Å². The van der Waals surface area contributed by atoms with Crippen LogP contribution < -0.4 is 5.32 Å². The van der Waals surface area contributed by atoms with Gasteiger partial charge in [0.2, 0.25) is 0 Å². The van der Waals surface area contributed by atoms with Crippen molar-refractivity contribution in [2.24, 2.45) is 5.92 Å². The van der Waals surface area contributed by atoms with Crippen molar-refractivity contribution in [3.05, 3.63) is 35.4 Å². The van der Waals surface area contributed by atoms with E-state index < -0.39 is 0 Å². The van der Waals surface area contributed by atoms with Crippen LogP contribution in [-0.2, 0) is 5.41 Å². The molecule has 1 heterocycles. The number of hydrogen-bond acceptors (Lipinski definition) is 2. The minimum Gasteiger partial charge on any atom is -0.317 e. The Hall–Kier alpha value is -1.15. The summed E-state index contributed by atoms with van der Waals surface area (Å²) in [5.41, 5.74) is 2.30. The van der Waals surface area contributed by atoms with Crippen molar-refractivity contribution < 1.29 is 4.79 Å². The number of ketones is 1. The maximum atomic E-state index is 12.3. The number of nitrogens with one attached hydrogen (secondary N) is 1. The molecular weight excluding hydrogens is 234 g/mol. The predicted molar refractivity (Wildman–Crippen MR) is 79.7 cm³/mol. The van der Waals surface area contributed by atoms with Crippen molar-refractivity contribution in [2.45, 2.75) is 45.4 Å². The second-order valence-corrected chi connectivity index (χ2v) is 6.65. The van der Waals surface area contributed by atoms with Crippen LogP contribution in [0.3, 0.4) is 0 Å². The number of hydrogen-bond donors (Lipinski definition) is 1. The van der Waals surface area contributed by atoms with Gasteiger partial charge in [-0.1, -0.05) is 45.0 Å². The van der Waals surface area contributed by atoms with Crippen LogP contribution in [-0.4, -0.2) is 18.9 Å². The highest BCUT2D eigenvalue weighted by atomic mass is 16.1. The molecule has 0 atom stereocenters. The monoisotopic (exact) mass is 259 g/mol. The molecule has 1 aromatic rings. The molecule has 1 aliphatic rings. The second-order valence-electron chi connectivity index (χ2n) is 6.65. The van der Waals surface area contributed by atoms with Crippen molar-refractivity contribution in [3.8, 4) is 0 Å². The van der Waals surface area contributed by atoms with Gasteiger partial charge in [0.1, 0.15) is 0 Å². The summed E-state index contributed by atoms with van der Waals surface area (Å²) in [6, 6.07) is 8.17. The standard InChI is InChI=1S/C17H25NO/c1-17(2,3)15-6-4-14(5-7-15)16(19)12-13-8-10-18-11-9-13/h4-7,13,18H,8-12H2,1-3H3. The Morgan fingerprint density at radius 3 is 2.26 bits per heavy atom. The molecule has 104 valence electrons. The van der Waals surface area contributed by atoms with E-state index >= 15 is 0 Å². The highest BCUT2D eigenvalue weighted by molar-refractivity contribution is 5.96. The first kappa shape index (κ1) is 14.3. The second kappa shape index (κ2) is 5.87. The smallest absolute Gasteiger partial charge is 0.163 e. The van der Waals surface area contributed by atoms with Gasteiger partial charge in [-0.2, -0.15) is 0 Å². The minimum absolute atomic E-state index is 0.149. The van der Waals surface area contributed by atoms with E-state index in [0.29, 0.717) is 18.1 Å². The van der Waals surface area contributed by atoms with Gasteiger partial charge in [0.05, 0.1) is 0 Å². The van der Waals surface area contributed by atoms with Gasteiger partial charge in [-0.05, 0) is 42.8 Å². The summed E-state index contributed by atoms with van der Waals surface area (Å²) in [6.45, 7) is 8.69. The zero-order valence-corrected chi connectivity index (χ0v) is 12.3. The van der Waals surface area contributed by atoms with Gasteiger partial charge in [0.25, 0.3) is 0 Å². The fourth-order valence-corrected chi connectivity index (χ4v) is 2.62. The third kappa shape index (κ3) is 3.90. The van der Waals surface area contributed by atoms with E-state index in [1.165, 1.54) is 5.56 Å². The molecule has 2 nitrogen and oxygen atoms in total. The average Bonchev–Trinajstić information content (AvgIpc) is 2.39. The predicted octanol–water partition coefficient (Wildman–Crippen LogP) is 3.56. The van der Waals surface area contributed by atoms with Crippen LogP contribution in [0.15, 0.2) is 24.3 Å². The lowest BCUT2D eigenvalue weighted by atomic mass is 9.85. The first-order chi connectivity index (χ1) is 8.97. The number of rotatable bonds is 3. The maximum absolute atomic E-state index is 12.3. The Balaban J connectivity index is 1.99. The summed E-state index contributed by atoms with van der Waals surface area (Å²) in [5.74, 6) is 0.864. The molecular formula is C17H25NO. The molecule has 0 spiro atoms. The topological polar surface area (TPSA) is 29.1 Å². The van der Waals surface area contributed by atoms with Gasteiger partial charge in [0.15, 0.2) is 5.78 Å². The summed E-state index contributed by atoms with van der Waals surface area (Å²) >= 11 is 0. The highest BCUT2D eigenvalue weighted by Crippen LogP contribution is 2.24. The van der Waals surface area contributed by atoms with E-state index in [4.69, 9.17) is 0 Å². The molecule has 0 aliphatic carbocycles. The summed E-state index contributed by atoms with van der Waals surface area (Å²) in [4.78, 5) is 12.3. The molecule has 1 N–H and O–H groups in total. The number of carbonyl (C=O) groups excluding carboxylic acids is 1. The largest absolute Gasteiger partial charge is 0.317 e. The number of piperidine rings is 1. The first-order valence-electron chi connectivity index (χ1n) is 7.31.